The molecular weight excluding hydrogens is 378 g/mol. The van der Waals surface area contributed by atoms with Crippen LogP contribution in [0.4, 0.5) is 5.69 Å². The molecule has 8 nitrogen and oxygen atoms in total. The minimum Gasteiger partial charge on any atom is -0.336 e. The average Bonchev–Trinajstić information content (AvgIpc) is 3.16. The fraction of sp³-hybridized carbons (Fsp3) is 0.312. The number of nitro benzene ring substituents is 1. The SMILES string of the molecule is Cc1ccc([N+](=O)[O-])cc1S(=O)(=O)N1CCN(C(=O)c2ccsc2)CC1. The van der Waals surface area contributed by atoms with E-state index in [0.717, 1.165) is 6.07 Å². The first-order chi connectivity index (χ1) is 12.3. The van der Waals surface area contributed by atoms with Crippen molar-refractivity contribution in [3.05, 3.63) is 56.3 Å². The molecule has 138 valence electrons. The summed E-state index contributed by atoms with van der Waals surface area (Å²) in [6.07, 6.45) is 0. The zero-order valence-electron chi connectivity index (χ0n) is 14.0. The minimum absolute atomic E-state index is 0.0655. The lowest BCUT2D eigenvalue weighted by molar-refractivity contribution is -0.385. The molecule has 1 aliphatic rings. The van der Waals surface area contributed by atoms with E-state index in [1.807, 2.05) is 5.38 Å². The molecule has 1 aromatic heterocycles. The van der Waals surface area contributed by atoms with Crippen LogP contribution in [0.5, 0.6) is 0 Å². The average molecular weight is 395 g/mol. The number of benzene rings is 1. The molecule has 0 radical (unpaired) electrons. The van der Waals surface area contributed by atoms with Crippen LogP contribution in [-0.4, -0.2) is 54.6 Å². The van der Waals surface area contributed by atoms with Crippen molar-refractivity contribution in [2.24, 2.45) is 0 Å². The predicted octanol–water partition coefficient (Wildman–Crippen LogP) is 2.11. The number of nitro groups is 1. The lowest BCUT2D eigenvalue weighted by Crippen LogP contribution is -2.50. The largest absolute Gasteiger partial charge is 0.336 e. The Morgan fingerprint density at radius 2 is 1.88 bits per heavy atom. The van der Waals surface area contributed by atoms with Gasteiger partial charge >= 0.3 is 0 Å². The minimum atomic E-state index is -3.86. The number of non-ortho nitro benzene ring substituents is 1. The van der Waals surface area contributed by atoms with Crippen LogP contribution in [0.25, 0.3) is 0 Å². The molecule has 0 aliphatic carbocycles. The van der Waals surface area contributed by atoms with Gasteiger partial charge in [-0.25, -0.2) is 8.42 Å². The first-order valence-corrected chi connectivity index (χ1v) is 10.3. The van der Waals surface area contributed by atoms with Crippen molar-refractivity contribution >= 4 is 33.0 Å². The van der Waals surface area contributed by atoms with E-state index in [9.17, 15) is 23.3 Å². The monoisotopic (exact) mass is 395 g/mol. The molecule has 0 atom stereocenters. The Kier molecular flexibility index (Phi) is 5.08. The first kappa shape index (κ1) is 18.5. The maximum atomic E-state index is 12.9. The molecule has 3 rings (SSSR count). The number of sulfonamides is 1. The number of amides is 1. The number of aryl methyl sites for hydroxylation is 1. The van der Waals surface area contributed by atoms with Gasteiger partial charge in [-0.1, -0.05) is 6.07 Å². The van der Waals surface area contributed by atoms with Gasteiger partial charge < -0.3 is 4.90 Å². The van der Waals surface area contributed by atoms with Gasteiger partial charge in [0.05, 0.1) is 15.4 Å². The zero-order valence-corrected chi connectivity index (χ0v) is 15.6. The Morgan fingerprint density at radius 3 is 2.46 bits per heavy atom. The molecule has 1 aromatic carbocycles. The fourth-order valence-electron chi connectivity index (χ4n) is 2.82. The van der Waals surface area contributed by atoms with Gasteiger partial charge in [0.1, 0.15) is 0 Å². The maximum Gasteiger partial charge on any atom is 0.270 e. The topological polar surface area (TPSA) is 101 Å². The molecule has 1 fully saturated rings. The molecule has 1 saturated heterocycles. The van der Waals surface area contributed by atoms with E-state index in [1.54, 1.807) is 23.3 Å². The number of hydrogen-bond acceptors (Lipinski definition) is 6. The van der Waals surface area contributed by atoms with E-state index in [2.05, 4.69) is 0 Å². The van der Waals surface area contributed by atoms with Crippen molar-refractivity contribution in [2.75, 3.05) is 26.2 Å². The second-order valence-corrected chi connectivity index (χ2v) is 8.60. The normalized spacial score (nSPS) is 15.8. The highest BCUT2D eigenvalue weighted by atomic mass is 32.2. The van der Waals surface area contributed by atoms with E-state index >= 15 is 0 Å². The number of carbonyl (C=O) groups excluding carboxylic acids is 1. The van der Waals surface area contributed by atoms with Crippen molar-refractivity contribution in [3.63, 3.8) is 0 Å². The molecular formula is C16H17N3O5S2. The first-order valence-electron chi connectivity index (χ1n) is 7.87. The number of carbonyl (C=O) groups is 1. The van der Waals surface area contributed by atoms with Gasteiger partial charge in [0.15, 0.2) is 0 Å². The van der Waals surface area contributed by atoms with Crippen LogP contribution >= 0.6 is 11.3 Å². The van der Waals surface area contributed by atoms with Crippen molar-refractivity contribution in [3.8, 4) is 0 Å². The molecule has 10 heteroatoms. The van der Waals surface area contributed by atoms with Crippen molar-refractivity contribution in [2.45, 2.75) is 11.8 Å². The van der Waals surface area contributed by atoms with E-state index in [-0.39, 0.29) is 42.7 Å². The van der Waals surface area contributed by atoms with Crippen LogP contribution in [-0.2, 0) is 10.0 Å². The number of hydrogen-bond donors (Lipinski definition) is 0. The van der Waals surface area contributed by atoms with Gasteiger partial charge in [0, 0.05) is 43.7 Å². The molecule has 1 aliphatic heterocycles. The van der Waals surface area contributed by atoms with Crippen molar-refractivity contribution < 1.29 is 18.1 Å². The van der Waals surface area contributed by atoms with Crippen molar-refractivity contribution in [1.82, 2.24) is 9.21 Å². The van der Waals surface area contributed by atoms with Crippen LogP contribution in [0.1, 0.15) is 15.9 Å². The third-order valence-corrected chi connectivity index (χ3v) is 7.02. The lowest BCUT2D eigenvalue weighted by atomic mass is 10.2. The lowest BCUT2D eigenvalue weighted by Gasteiger charge is -2.34. The van der Waals surface area contributed by atoms with E-state index < -0.39 is 14.9 Å². The van der Waals surface area contributed by atoms with Crippen molar-refractivity contribution in [1.29, 1.82) is 0 Å². The zero-order chi connectivity index (χ0) is 18.9. The van der Waals surface area contributed by atoms with E-state index in [0.29, 0.717) is 11.1 Å². The summed E-state index contributed by atoms with van der Waals surface area (Å²) < 4.78 is 27.1. The second kappa shape index (κ2) is 7.14. The summed E-state index contributed by atoms with van der Waals surface area (Å²) >= 11 is 1.43. The second-order valence-electron chi connectivity index (χ2n) is 5.92. The molecule has 1 amide bonds. The molecule has 0 spiro atoms. The van der Waals surface area contributed by atoms with E-state index in [4.69, 9.17) is 0 Å². The Labute approximate surface area is 154 Å². The molecule has 2 aromatic rings. The summed E-state index contributed by atoms with van der Waals surface area (Å²) in [5.41, 5.74) is 0.786. The Morgan fingerprint density at radius 1 is 1.19 bits per heavy atom. The molecule has 0 unspecified atom stereocenters. The highest BCUT2D eigenvalue weighted by Gasteiger charge is 2.32. The van der Waals surface area contributed by atoms with Crippen LogP contribution in [0.3, 0.4) is 0 Å². The summed E-state index contributed by atoms with van der Waals surface area (Å²) in [5.74, 6) is -0.116. The summed E-state index contributed by atoms with van der Waals surface area (Å²) in [5, 5.41) is 14.5. The number of piperazine rings is 1. The highest BCUT2D eigenvalue weighted by Crippen LogP contribution is 2.25. The molecule has 0 saturated carbocycles. The van der Waals surface area contributed by atoms with Crippen LogP contribution in [0, 0.1) is 17.0 Å². The molecule has 0 N–H and O–H groups in total. The van der Waals surface area contributed by atoms with Gasteiger partial charge in [0.2, 0.25) is 10.0 Å². The number of rotatable bonds is 4. The summed E-state index contributed by atoms with van der Waals surface area (Å²) in [6, 6.07) is 5.54. The maximum absolute atomic E-state index is 12.9. The summed E-state index contributed by atoms with van der Waals surface area (Å²) in [4.78, 5) is 24.2. The van der Waals surface area contributed by atoms with Gasteiger partial charge in [-0.2, -0.15) is 15.6 Å². The number of thiophene rings is 1. The van der Waals surface area contributed by atoms with Crippen LogP contribution in [0.15, 0.2) is 39.9 Å². The fourth-order valence-corrected chi connectivity index (χ4v) is 5.12. The van der Waals surface area contributed by atoms with E-state index in [1.165, 1.54) is 27.8 Å². The Hall–Kier alpha value is -2.30. The van der Waals surface area contributed by atoms with Crippen LogP contribution < -0.4 is 0 Å². The van der Waals surface area contributed by atoms with Gasteiger partial charge in [-0.05, 0) is 23.9 Å². The smallest absolute Gasteiger partial charge is 0.270 e. The predicted molar refractivity (Wildman–Crippen MR) is 96.8 cm³/mol. The van der Waals surface area contributed by atoms with Gasteiger partial charge in [-0.15, -0.1) is 0 Å². The van der Waals surface area contributed by atoms with Gasteiger partial charge in [0.25, 0.3) is 11.6 Å². The molecule has 26 heavy (non-hydrogen) atoms. The quantitative estimate of drug-likeness (QED) is 0.583. The standard InChI is InChI=1S/C16H17N3O5S2/c1-12-2-3-14(19(21)22)10-15(12)26(23,24)18-7-5-17(6-8-18)16(20)13-4-9-25-11-13/h2-4,9-11H,5-8H2,1H3. The summed E-state index contributed by atoms with van der Waals surface area (Å²) in [7, 11) is -3.86. The third-order valence-electron chi connectivity index (χ3n) is 4.29. The molecule has 2 heterocycles. The Balaban J connectivity index is 1.77. The molecule has 0 bridgehead atoms. The van der Waals surface area contributed by atoms with Gasteiger partial charge in [-0.3, -0.25) is 14.9 Å². The Bertz CT molecular complexity index is 933. The van der Waals surface area contributed by atoms with Crippen LogP contribution in [0.2, 0.25) is 0 Å². The highest BCUT2D eigenvalue weighted by molar-refractivity contribution is 7.89. The number of nitrogens with zero attached hydrogens (tertiary/aromatic N) is 3. The third kappa shape index (κ3) is 3.48. The summed E-state index contributed by atoms with van der Waals surface area (Å²) in [6.45, 7) is 2.47.